The van der Waals surface area contributed by atoms with Gasteiger partial charge in [0, 0.05) is 13.1 Å². The maximum Gasteiger partial charge on any atom is 0.246 e. The van der Waals surface area contributed by atoms with Crippen LogP contribution in [0.25, 0.3) is 0 Å². The summed E-state index contributed by atoms with van der Waals surface area (Å²) in [7, 11) is 1.69. The summed E-state index contributed by atoms with van der Waals surface area (Å²) in [4.78, 5) is 16.5. The largest absolute Gasteiger partial charge is 0.478 e. The van der Waals surface area contributed by atoms with E-state index < -0.39 is 0 Å². The molecule has 0 bridgehead atoms. The van der Waals surface area contributed by atoms with Crippen LogP contribution in [0.5, 0.6) is 0 Å². The van der Waals surface area contributed by atoms with Crippen molar-refractivity contribution < 1.29 is 9.53 Å². The van der Waals surface area contributed by atoms with E-state index in [2.05, 4.69) is 20.6 Å². The third kappa shape index (κ3) is 4.03. The summed E-state index contributed by atoms with van der Waals surface area (Å²) in [5.74, 6) is 1.18. The van der Waals surface area contributed by atoms with Gasteiger partial charge in [0.1, 0.15) is 10.0 Å². The number of hydrazine groups is 1. The van der Waals surface area contributed by atoms with Crippen LogP contribution in [0, 0.1) is 12.8 Å². The first-order chi connectivity index (χ1) is 10.6. The number of hydrogen-bond donors (Lipinski definition) is 1. The summed E-state index contributed by atoms with van der Waals surface area (Å²) in [6.07, 6.45) is 4.49. The van der Waals surface area contributed by atoms with Crippen LogP contribution in [0.2, 0.25) is 0 Å². The molecule has 0 saturated heterocycles. The predicted octanol–water partition coefficient (Wildman–Crippen LogP) is 1.42. The van der Waals surface area contributed by atoms with Gasteiger partial charge in [0.2, 0.25) is 11.8 Å². The number of aromatic nitrogens is 2. The summed E-state index contributed by atoms with van der Waals surface area (Å²) in [6.45, 7) is 3.03. The molecule has 22 heavy (non-hydrogen) atoms. The molecule has 1 amide bonds. The van der Waals surface area contributed by atoms with Gasteiger partial charge in [-0.15, -0.1) is 10.2 Å². The molecule has 1 aromatic heterocycles. The number of nitrogens with zero attached hydrogens (tertiary/aromatic N) is 4. The molecule has 7 nitrogen and oxygen atoms in total. The predicted molar refractivity (Wildman–Crippen MR) is 83.1 cm³/mol. The number of aryl methyl sites for hydroxylation is 1. The van der Waals surface area contributed by atoms with Gasteiger partial charge in [-0.1, -0.05) is 11.3 Å². The highest BCUT2D eigenvalue weighted by Crippen LogP contribution is 2.29. The average molecular weight is 321 g/mol. The molecule has 0 atom stereocenters. The maximum absolute atomic E-state index is 12.0. The Kier molecular flexibility index (Phi) is 4.37. The first-order valence-electron chi connectivity index (χ1n) is 7.30. The van der Waals surface area contributed by atoms with E-state index in [4.69, 9.17) is 4.74 Å². The molecule has 118 valence electrons. The second-order valence-electron chi connectivity index (χ2n) is 5.53. The van der Waals surface area contributed by atoms with Crippen LogP contribution < -0.4 is 5.43 Å². The van der Waals surface area contributed by atoms with E-state index in [1.807, 2.05) is 6.92 Å². The third-order valence-electron chi connectivity index (χ3n) is 3.44. The zero-order chi connectivity index (χ0) is 15.5. The Morgan fingerprint density at radius 1 is 1.50 bits per heavy atom. The molecular weight excluding hydrogens is 302 g/mol. The van der Waals surface area contributed by atoms with Crippen molar-refractivity contribution in [2.24, 2.45) is 10.9 Å². The molecule has 1 aliphatic heterocycles. The Labute approximate surface area is 133 Å². The number of ether oxygens (including phenoxy) is 1. The lowest BCUT2D eigenvalue weighted by atomic mass is 10.2. The van der Waals surface area contributed by atoms with Crippen LogP contribution in [0.3, 0.4) is 0 Å². The van der Waals surface area contributed by atoms with Gasteiger partial charge >= 0.3 is 0 Å². The molecule has 2 heterocycles. The Hall–Kier alpha value is -1.96. The van der Waals surface area contributed by atoms with E-state index in [0.29, 0.717) is 30.7 Å². The number of rotatable bonds is 5. The summed E-state index contributed by atoms with van der Waals surface area (Å²) >= 11 is 1.51. The topological polar surface area (TPSA) is 79.7 Å². The van der Waals surface area contributed by atoms with Gasteiger partial charge in [-0.3, -0.25) is 20.2 Å². The van der Waals surface area contributed by atoms with Crippen LogP contribution in [0.15, 0.2) is 17.0 Å². The number of nitrogens with one attached hydrogen (secondary N) is 1. The molecule has 0 spiro atoms. The molecule has 1 aliphatic carbocycles. The Bertz CT molecular complexity index is 621. The fourth-order valence-corrected chi connectivity index (χ4v) is 2.61. The number of amides is 1. The van der Waals surface area contributed by atoms with E-state index in [9.17, 15) is 4.79 Å². The number of allylic oxidation sites excluding steroid dienone is 1. The normalized spacial score (nSPS) is 20.6. The van der Waals surface area contributed by atoms with E-state index in [0.717, 1.165) is 10.0 Å². The smallest absolute Gasteiger partial charge is 0.246 e. The molecule has 0 aromatic carbocycles. The Balaban J connectivity index is 1.70. The SMILES string of the molecule is Cc1nnc(CN=C2C=C(OCC3CC3)NN(C)C(=O)C2)s1. The van der Waals surface area contributed by atoms with Crippen molar-refractivity contribution in [3.63, 3.8) is 0 Å². The van der Waals surface area contributed by atoms with Crippen molar-refractivity contribution >= 4 is 23.0 Å². The first kappa shape index (κ1) is 15.0. The highest BCUT2D eigenvalue weighted by molar-refractivity contribution is 7.11. The van der Waals surface area contributed by atoms with Gasteiger partial charge in [0.25, 0.3) is 0 Å². The van der Waals surface area contributed by atoms with Gasteiger partial charge in [-0.2, -0.15) is 0 Å². The van der Waals surface area contributed by atoms with Crippen molar-refractivity contribution in [2.45, 2.75) is 32.7 Å². The van der Waals surface area contributed by atoms with E-state index >= 15 is 0 Å². The van der Waals surface area contributed by atoms with Gasteiger partial charge in [0.05, 0.1) is 25.3 Å². The molecular formula is C14H19N5O2S. The van der Waals surface area contributed by atoms with E-state index in [1.165, 1.54) is 29.2 Å². The molecule has 2 aliphatic rings. The molecule has 8 heteroatoms. The summed E-state index contributed by atoms with van der Waals surface area (Å²) in [5, 5.41) is 11.2. The maximum atomic E-state index is 12.0. The molecule has 3 rings (SSSR count). The summed E-state index contributed by atoms with van der Waals surface area (Å²) in [6, 6.07) is 0. The first-order valence-corrected chi connectivity index (χ1v) is 8.12. The third-order valence-corrected chi connectivity index (χ3v) is 4.26. The lowest BCUT2D eigenvalue weighted by molar-refractivity contribution is -0.131. The van der Waals surface area contributed by atoms with Crippen LogP contribution in [0.4, 0.5) is 0 Å². The van der Waals surface area contributed by atoms with Gasteiger partial charge in [0.15, 0.2) is 0 Å². The van der Waals surface area contributed by atoms with E-state index in [-0.39, 0.29) is 12.3 Å². The molecule has 1 N–H and O–H groups in total. The van der Waals surface area contributed by atoms with Crippen LogP contribution in [0.1, 0.15) is 29.3 Å². The average Bonchev–Trinajstić information content (AvgIpc) is 3.24. The van der Waals surface area contributed by atoms with Crippen LogP contribution >= 0.6 is 11.3 Å². The van der Waals surface area contributed by atoms with Gasteiger partial charge in [-0.25, -0.2) is 0 Å². The van der Waals surface area contributed by atoms with Crippen LogP contribution in [-0.4, -0.2) is 40.5 Å². The lowest BCUT2D eigenvalue weighted by Crippen LogP contribution is -2.38. The highest BCUT2D eigenvalue weighted by Gasteiger charge is 2.24. The molecule has 0 radical (unpaired) electrons. The van der Waals surface area contributed by atoms with Crippen LogP contribution in [-0.2, 0) is 16.1 Å². The fraction of sp³-hybridized carbons (Fsp3) is 0.571. The Morgan fingerprint density at radius 2 is 2.32 bits per heavy atom. The number of aliphatic imine (C=N–C) groups is 1. The second kappa shape index (κ2) is 6.43. The standard InChI is InChI=1S/C14H19N5O2S/c1-9-16-17-13(22-9)7-15-11-5-12(21-8-10-3-4-10)18-19(2)14(20)6-11/h5,10,18H,3-4,6-8H2,1-2H3. The Morgan fingerprint density at radius 3 is 3.00 bits per heavy atom. The monoisotopic (exact) mass is 321 g/mol. The van der Waals surface area contributed by atoms with Crippen molar-refractivity contribution in [3.05, 3.63) is 22.0 Å². The number of carbonyl (C=O) groups excluding carboxylic acids is 1. The molecule has 1 aromatic rings. The van der Waals surface area contributed by atoms with E-state index in [1.54, 1.807) is 13.1 Å². The lowest BCUT2D eigenvalue weighted by Gasteiger charge is -2.18. The van der Waals surface area contributed by atoms with Gasteiger partial charge in [-0.05, 0) is 25.7 Å². The minimum atomic E-state index is -0.0477. The second-order valence-corrected chi connectivity index (χ2v) is 6.79. The molecule has 0 unspecified atom stereocenters. The van der Waals surface area contributed by atoms with Crippen molar-refractivity contribution in [2.75, 3.05) is 13.7 Å². The number of hydrogen-bond acceptors (Lipinski definition) is 7. The zero-order valence-electron chi connectivity index (χ0n) is 12.7. The van der Waals surface area contributed by atoms with Crippen molar-refractivity contribution in [1.29, 1.82) is 0 Å². The molecule has 1 fully saturated rings. The van der Waals surface area contributed by atoms with Crippen molar-refractivity contribution in [1.82, 2.24) is 20.6 Å². The molecule has 1 saturated carbocycles. The highest BCUT2D eigenvalue weighted by atomic mass is 32.1. The fourth-order valence-electron chi connectivity index (χ4n) is 1.97. The summed E-state index contributed by atoms with van der Waals surface area (Å²) in [5.41, 5.74) is 3.66. The van der Waals surface area contributed by atoms with Gasteiger partial charge < -0.3 is 4.74 Å². The minimum Gasteiger partial charge on any atom is -0.478 e. The summed E-state index contributed by atoms with van der Waals surface area (Å²) < 4.78 is 5.74. The minimum absolute atomic E-state index is 0.0477. The quantitative estimate of drug-likeness (QED) is 0.887. The van der Waals surface area contributed by atoms with Crippen molar-refractivity contribution in [3.8, 4) is 0 Å². The zero-order valence-corrected chi connectivity index (χ0v) is 13.5. The number of carbonyl (C=O) groups is 1.